The van der Waals surface area contributed by atoms with Crippen LogP contribution in [0.3, 0.4) is 0 Å². The maximum atomic E-state index is 7.15. The van der Waals surface area contributed by atoms with Crippen molar-refractivity contribution in [3.8, 4) is 111 Å². The summed E-state index contributed by atoms with van der Waals surface area (Å²) in [6.45, 7) is 0. The number of benzene rings is 21. The summed E-state index contributed by atoms with van der Waals surface area (Å²) >= 11 is 0. The topological polar surface area (TPSA) is 45.9 Å². The predicted octanol–water partition coefficient (Wildman–Crippen LogP) is 34.5. The molecule has 0 atom stereocenters. The zero-order chi connectivity index (χ0) is 82.4. The summed E-state index contributed by atoms with van der Waals surface area (Å²) in [7, 11) is 0. The molecule has 0 unspecified atom stereocenters. The van der Waals surface area contributed by atoms with E-state index in [1.54, 1.807) is 0 Å². The smallest absolute Gasteiger partial charge is 0.143 e. The van der Waals surface area contributed by atoms with E-state index in [-0.39, 0.29) is 0 Å². The van der Waals surface area contributed by atoms with Crippen LogP contribution in [0.4, 0.5) is 34.1 Å². The summed E-state index contributed by atoms with van der Waals surface area (Å²) in [5, 5.41) is 13.7. The van der Waals surface area contributed by atoms with Gasteiger partial charge in [0.05, 0.1) is 0 Å². The molecule has 0 aliphatic rings. The molecule has 0 aliphatic carbocycles. The fraction of sp³-hybridized carbons (Fsp3) is 0. The molecule has 24 aromatic rings. The van der Waals surface area contributed by atoms with Crippen LogP contribution in [0.25, 0.3) is 209 Å². The molecule has 24 rings (SSSR count). The van der Waals surface area contributed by atoms with Gasteiger partial charge in [-0.05, 0) is 278 Å². The highest BCUT2D eigenvalue weighted by molar-refractivity contribution is 6.24. The van der Waals surface area contributed by atoms with Crippen molar-refractivity contribution in [1.82, 2.24) is 0 Å². The fourth-order valence-corrected chi connectivity index (χ4v) is 19.0. The first-order valence-electron chi connectivity index (χ1n) is 42.7. The van der Waals surface area contributed by atoms with Crippen molar-refractivity contribution in [3.05, 3.63) is 461 Å². The highest BCUT2D eigenvalue weighted by atomic mass is 16.3. The lowest BCUT2D eigenvalue weighted by Gasteiger charge is -2.27. The van der Waals surface area contributed by atoms with Crippen molar-refractivity contribution < 1.29 is 13.3 Å². The quantitative estimate of drug-likeness (QED) is 0.0965. The summed E-state index contributed by atoms with van der Waals surface area (Å²) in [4.78, 5) is 4.76. The molecule has 0 saturated heterocycles. The van der Waals surface area contributed by atoms with Gasteiger partial charge in [0.2, 0.25) is 0 Å². The van der Waals surface area contributed by atoms with E-state index in [1.165, 1.54) is 49.4 Å². The molecule has 3 aromatic heterocycles. The SMILES string of the molecule is c1ccc(-c2ccc(-c3ccc(N(c4ccc(-c5ccc(-c6cccc(-c7cc8ccccc8c8c7oc7ccc(-c9cccc(N(c%10ccc(-c%11cccc(-c%12ccccc%12)c%11)cc%10)c%10cccc(-c%11ccc%12oc%13ccc%14ccccc%14c%13c%12c%11)c%10)c9)cc78)c6)cc5)cc4)c4cccc(-c5ccc6oc7ccc8ccccc8c7c6c5)c4)cc3)cc2)cc1. The highest BCUT2D eigenvalue weighted by Crippen LogP contribution is 2.48. The van der Waals surface area contributed by atoms with Crippen LogP contribution in [0, 0.1) is 0 Å². The maximum Gasteiger partial charge on any atom is 0.143 e. The number of anilines is 6. The summed E-state index contributed by atoms with van der Waals surface area (Å²) in [6, 6.07) is 167. The zero-order valence-electron chi connectivity index (χ0n) is 68.0. The number of furan rings is 3. The number of hydrogen-bond acceptors (Lipinski definition) is 5. The van der Waals surface area contributed by atoms with Crippen molar-refractivity contribution in [2.75, 3.05) is 9.80 Å². The van der Waals surface area contributed by atoms with Gasteiger partial charge in [0.15, 0.2) is 0 Å². The molecule has 5 heteroatoms. The van der Waals surface area contributed by atoms with E-state index in [1.807, 2.05) is 0 Å². The van der Waals surface area contributed by atoms with Gasteiger partial charge in [-0.15, -0.1) is 0 Å². The average molecular weight is 1590 g/mol. The molecule has 0 amide bonds. The second-order valence-corrected chi connectivity index (χ2v) is 32.6. The summed E-state index contributed by atoms with van der Waals surface area (Å²) in [6.07, 6.45) is 0. The Morgan fingerprint density at radius 3 is 0.816 bits per heavy atom. The Balaban J connectivity index is 0.544. The van der Waals surface area contributed by atoms with E-state index in [2.05, 4.69) is 471 Å². The minimum atomic E-state index is 0.834. The first-order valence-corrected chi connectivity index (χ1v) is 42.7. The Morgan fingerprint density at radius 1 is 0.136 bits per heavy atom. The standard InChI is InChI=1S/C120H76N2O3/c1-3-18-77(19-4-1)79-38-40-80(41-39-79)82-46-57-99(58-47-82)121(102-32-15-28-91(70-102)94-54-63-112-109(73-94)117-105-35-10-7-22-86(105)52-66-115(117)123-112)100-59-48-83(49-60-100)81-42-44-84(45-43-81)90-27-14-31-97(69-90)108-76-98-24-9-12-37-107(98)119-111-75-96(56-65-114(111)125-120(108)119)93-30-17-34-104(72-93)122(101-61-50-85(51-62-101)89-26-13-25-88(68-89)78-20-5-2-6-21-78)103-33-16-29-92(71-103)95-55-64-113-110(74-95)118-106-36-11-8-23-87(106)53-67-116(118)124-113/h1-76H. The minimum Gasteiger partial charge on any atom is -0.456 e. The lowest BCUT2D eigenvalue weighted by molar-refractivity contribution is 0.669. The van der Waals surface area contributed by atoms with Gasteiger partial charge < -0.3 is 23.1 Å². The lowest BCUT2D eigenvalue weighted by atomic mass is 9.93. The van der Waals surface area contributed by atoms with Gasteiger partial charge in [0.25, 0.3) is 0 Å². The van der Waals surface area contributed by atoms with Gasteiger partial charge in [0.1, 0.15) is 33.5 Å². The molecule has 0 bridgehead atoms. The Bertz CT molecular complexity index is 8310. The van der Waals surface area contributed by atoms with Crippen molar-refractivity contribution in [2.24, 2.45) is 0 Å². The first kappa shape index (κ1) is 72.4. The van der Waals surface area contributed by atoms with Crippen LogP contribution in [0.15, 0.2) is 474 Å². The van der Waals surface area contributed by atoms with E-state index in [0.29, 0.717) is 0 Å². The summed E-state index contributed by atoms with van der Waals surface area (Å²) in [5.41, 5.74) is 34.1. The van der Waals surface area contributed by atoms with Gasteiger partial charge in [-0.3, -0.25) is 0 Å². The van der Waals surface area contributed by atoms with Crippen LogP contribution in [0.2, 0.25) is 0 Å². The molecule has 125 heavy (non-hydrogen) atoms. The summed E-state index contributed by atoms with van der Waals surface area (Å²) in [5.74, 6) is 0. The largest absolute Gasteiger partial charge is 0.456 e. The number of fused-ring (bicyclic) bond motifs is 15. The minimum absolute atomic E-state index is 0.834. The van der Waals surface area contributed by atoms with Gasteiger partial charge in [-0.2, -0.15) is 0 Å². The van der Waals surface area contributed by atoms with Crippen LogP contribution in [0.5, 0.6) is 0 Å². The molecule has 584 valence electrons. The molecule has 0 radical (unpaired) electrons. The Morgan fingerprint density at radius 2 is 0.400 bits per heavy atom. The number of hydrogen-bond donors (Lipinski definition) is 0. The maximum absolute atomic E-state index is 7.15. The fourth-order valence-electron chi connectivity index (χ4n) is 19.0. The van der Waals surface area contributed by atoms with Gasteiger partial charge in [0, 0.05) is 72.0 Å². The van der Waals surface area contributed by atoms with Crippen molar-refractivity contribution in [3.63, 3.8) is 0 Å². The normalized spacial score (nSPS) is 11.7. The van der Waals surface area contributed by atoms with Crippen molar-refractivity contribution in [1.29, 1.82) is 0 Å². The third-order valence-electron chi connectivity index (χ3n) is 25.2. The molecule has 0 aliphatic heterocycles. The third kappa shape index (κ3) is 13.1. The zero-order valence-corrected chi connectivity index (χ0v) is 68.0. The van der Waals surface area contributed by atoms with Crippen LogP contribution in [-0.4, -0.2) is 0 Å². The molecular formula is C120H76N2O3. The van der Waals surface area contributed by atoms with Crippen molar-refractivity contribution in [2.45, 2.75) is 0 Å². The van der Waals surface area contributed by atoms with E-state index in [4.69, 9.17) is 13.3 Å². The van der Waals surface area contributed by atoms with E-state index in [0.717, 1.165) is 194 Å². The van der Waals surface area contributed by atoms with Gasteiger partial charge in [-0.25, -0.2) is 0 Å². The van der Waals surface area contributed by atoms with Crippen LogP contribution >= 0.6 is 0 Å². The van der Waals surface area contributed by atoms with E-state index >= 15 is 0 Å². The second kappa shape index (κ2) is 30.3. The summed E-state index contributed by atoms with van der Waals surface area (Å²) < 4.78 is 20.1. The Hall–Kier alpha value is -16.6. The molecule has 21 aromatic carbocycles. The molecule has 5 nitrogen and oxygen atoms in total. The van der Waals surface area contributed by atoms with Gasteiger partial charge in [-0.1, -0.05) is 322 Å². The average Bonchev–Trinajstić information content (AvgIpc) is 1.65. The van der Waals surface area contributed by atoms with Crippen LogP contribution in [-0.2, 0) is 0 Å². The first-order chi connectivity index (χ1) is 61.9. The van der Waals surface area contributed by atoms with Crippen LogP contribution < -0.4 is 9.80 Å². The predicted molar refractivity (Wildman–Crippen MR) is 525 cm³/mol. The van der Waals surface area contributed by atoms with E-state index in [9.17, 15) is 0 Å². The molecule has 0 N–H and O–H groups in total. The van der Waals surface area contributed by atoms with E-state index < -0.39 is 0 Å². The third-order valence-corrected chi connectivity index (χ3v) is 25.2. The molecule has 0 fully saturated rings. The molecule has 0 saturated carbocycles. The molecule has 0 spiro atoms. The number of rotatable bonds is 16. The van der Waals surface area contributed by atoms with Crippen molar-refractivity contribution >= 4 is 132 Å². The van der Waals surface area contributed by atoms with Crippen LogP contribution in [0.1, 0.15) is 0 Å². The Labute approximate surface area is 722 Å². The molecular weight excluding hydrogens is 1520 g/mol. The Kier molecular flexibility index (Phi) is 17.5. The second-order valence-electron chi connectivity index (χ2n) is 32.6. The highest BCUT2D eigenvalue weighted by Gasteiger charge is 2.23. The van der Waals surface area contributed by atoms with Gasteiger partial charge >= 0.3 is 0 Å². The lowest BCUT2D eigenvalue weighted by Crippen LogP contribution is -2.10. The number of nitrogens with zero attached hydrogens (tertiary/aromatic N) is 2. The monoisotopic (exact) mass is 1590 g/mol. The molecule has 3 heterocycles.